The van der Waals surface area contributed by atoms with Gasteiger partial charge in [0.15, 0.2) is 12.6 Å². The summed E-state index contributed by atoms with van der Waals surface area (Å²) in [5.41, 5.74) is 2.13. The van der Waals surface area contributed by atoms with E-state index in [9.17, 15) is 9.90 Å². The van der Waals surface area contributed by atoms with Crippen molar-refractivity contribution in [3.63, 3.8) is 0 Å². The number of carbonyl (C=O) groups is 1. The molecule has 0 aromatic carbocycles. The molecule has 0 aliphatic carbocycles. The Bertz CT molecular complexity index is 190. The van der Waals surface area contributed by atoms with Crippen molar-refractivity contribution in [3.8, 4) is 0 Å². The van der Waals surface area contributed by atoms with Crippen LogP contribution >= 0.6 is 0 Å². The lowest BCUT2D eigenvalue weighted by atomic mass is 9.97. The maximum Gasteiger partial charge on any atom is 0.184 e. The number of aliphatic hydroxyl groups excluding tert-OH is 3. The highest BCUT2D eigenvalue weighted by Gasteiger charge is 2.43. The molecule has 0 aromatic heterocycles. The van der Waals surface area contributed by atoms with Crippen molar-refractivity contribution < 1.29 is 24.9 Å². The largest absolute Gasteiger partial charge is 0.388 e. The van der Waals surface area contributed by atoms with E-state index in [0.29, 0.717) is 6.29 Å². The number of nitrogens with two attached hydrogens (primary N) is 1. The molecule has 0 saturated carbocycles. The number of ether oxygens (including phenoxy) is 1. The van der Waals surface area contributed by atoms with Gasteiger partial charge in [-0.1, -0.05) is 0 Å². The van der Waals surface area contributed by atoms with Crippen LogP contribution in [0, 0.1) is 0 Å². The average Bonchev–Trinajstić information content (AvgIpc) is 2.13. The molecule has 1 aliphatic heterocycles. The van der Waals surface area contributed by atoms with Crippen molar-refractivity contribution in [2.45, 2.75) is 30.6 Å². The molecule has 1 rings (SSSR count). The molecule has 7 nitrogen and oxygen atoms in total. The van der Waals surface area contributed by atoms with Crippen molar-refractivity contribution in [3.05, 3.63) is 0 Å². The Balaban J connectivity index is 2.74. The molecule has 7 heteroatoms. The Kier molecular flexibility index (Phi) is 3.31. The van der Waals surface area contributed by atoms with Gasteiger partial charge in [-0.2, -0.15) is 0 Å². The third-order valence-electron chi connectivity index (χ3n) is 1.99. The zero-order chi connectivity index (χ0) is 10.0. The number of aliphatic hydroxyl groups is 3. The normalized spacial score (nSPS) is 46.0. The lowest BCUT2D eigenvalue weighted by molar-refractivity contribution is -0.249. The molecule has 6 N–H and O–H groups in total. The first-order chi connectivity index (χ1) is 6.11. The molecule has 5 unspecified atom stereocenters. The SMILES string of the molecule is NNC1C(C=O)OC(O)C(O)C1O. The molecular weight excluding hydrogens is 180 g/mol. The van der Waals surface area contributed by atoms with E-state index in [-0.39, 0.29) is 0 Å². The summed E-state index contributed by atoms with van der Waals surface area (Å²) in [5.74, 6) is 5.03. The third kappa shape index (κ3) is 1.85. The quantitative estimate of drug-likeness (QED) is 0.174. The molecular formula is C6H12N2O5. The Labute approximate surface area is 74.1 Å². The zero-order valence-electron chi connectivity index (χ0n) is 6.70. The monoisotopic (exact) mass is 192 g/mol. The van der Waals surface area contributed by atoms with E-state index < -0.39 is 30.6 Å². The molecule has 0 aromatic rings. The van der Waals surface area contributed by atoms with Crippen LogP contribution in [0.3, 0.4) is 0 Å². The lowest BCUT2D eigenvalue weighted by Gasteiger charge is -2.38. The maximum atomic E-state index is 10.4. The molecule has 1 aliphatic rings. The summed E-state index contributed by atoms with van der Waals surface area (Å²) >= 11 is 0. The predicted molar refractivity (Wildman–Crippen MR) is 40.1 cm³/mol. The molecule has 13 heavy (non-hydrogen) atoms. The third-order valence-corrected chi connectivity index (χ3v) is 1.99. The van der Waals surface area contributed by atoms with Crippen LogP contribution < -0.4 is 11.3 Å². The van der Waals surface area contributed by atoms with Gasteiger partial charge in [0, 0.05) is 0 Å². The van der Waals surface area contributed by atoms with Crippen LogP contribution in [0.1, 0.15) is 0 Å². The Morgan fingerprint density at radius 1 is 1.31 bits per heavy atom. The van der Waals surface area contributed by atoms with Crippen molar-refractivity contribution in [2.75, 3.05) is 0 Å². The van der Waals surface area contributed by atoms with Crippen LogP contribution in [0.2, 0.25) is 0 Å². The predicted octanol–water partition coefficient (Wildman–Crippen LogP) is -3.54. The van der Waals surface area contributed by atoms with E-state index in [2.05, 4.69) is 10.2 Å². The summed E-state index contributed by atoms with van der Waals surface area (Å²) in [6.45, 7) is 0. The van der Waals surface area contributed by atoms with Crippen molar-refractivity contribution in [1.82, 2.24) is 5.43 Å². The molecule has 76 valence electrons. The second-order valence-corrected chi connectivity index (χ2v) is 2.80. The van der Waals surface area contributed by atoms with E-state index in [4.69, 9.17) is 16.1 Å². The van der Waals surface area contributed by atoms with Gasteiger partial charge in [-0.05, 0) is 0 Å². The topological polar surface area (TPSA) is 125 Å². The van der Waals surface area contributed by atoms with E-state index in [1.54, 1.807) is 0 Å². The first-order valence-corrected chi connectivity index (χ1v) is 3.73. The number of aldehydes is 1. The summed E-state index contributed by atoms with van der Waals surface area (Å²) in [6.07, 6.45) is -5.07. The van der Waals surface area contributed by atoms with Gasteiger partial charge >= 0.3 is 0 Å². The first-order valence-electron chi connectivity index (χ1n) is 3.73. The highest BCUT2D eigenvalue weighted by atomic mass is 16.6. The van der Waals surface area contributed by atoms with Gasteiger partial charge in [-0.15, -0.1) is 0 Å². The van der Waals surface area contributed by atoms with Gasteiger partial charge in [0.2, 0.25) is 0 Å². The molecule has 0 spiro atoms. The fraction of sp³-hybridized carbons (Fsp3) is 0.833. The molecule has 1 heterocycles. The van der Waals surface area contributed by atoms with Gasteiger partial charge in [-0.3, -0.25) is 11.3 Å². The summed E-state index contributed by atoms with van der Waals surface area (Å²) < 4.78 is 4.66. The van der Waals surface area contributed by atoms with Crippen molar-refractivity contribution in [2.24, 2.45) is 5.84 Å². The van der Waals surface area contributed by atoms with Gasteiger partial charge < -0.3 is 24.9 Å². The number of rotatable bonds is 2. The number of hydrazine groups is 1. The number of nitrogens with one attached hydrogen (secondary N) is 1. The number of hydrogen-bond donors (Lipinski definition) is 5. The van der Waals surface area contributed by atoms with Crippen LogP contribution in [0.4, 0.5) is 0 Å². The molecule has 1 fully saturated rings. The van der Waals surface area contributed by atoms with Crippen LogP contribution in [-0.4, -0.2) is 52.2 Å². The summed E-state index contributed by atoms with van der Waals surface area (Å²) in [4.78, 5) is 10.4. The average molecular weight is 192 g/mol. The van der Waals surface area contributed by atoms with E-state index in [1.165, 1.54) is 0 Å². The number of hydrogen-bond acceptors (Lipinski definition) is 7. The van der Waals surface area contributed by atoms with Gasteiger partial charge in [0.05, 0.1) is 6.04 Å². The highest BCUT2D eigenvalue weighted by molar-refractivity contribution is 5.58. The Morgan fingerprint density at radius 2 is 1.92 bits per heavy atom. The van der Waals surface area contributed by atoms with Crippen LogP contribution in [0.15, 0.2) is 0 Å². The van der Waals surface area contributed by atoms with E-state index in [1.807, 2.05) is 0 Å². The van der Waals surface area contributed by atoms with Crippen molar-refractivity contribution >= 4 is 6.29 Å². The second-order valence-electron chi connectivity index (χ2n) is 2.80. The van der Waals surface area contributed by atoms with Gasteiger partial charge in [0.25, 0.3) is 0 Å². The molecule has 0 amide bonds. The van der Waals surface area contributed by atoms with Crippen LogP contribution in [0.25, 0.3) is 0 Å². The van der Waals surface area contributed by atoms with Crippen LogP contribution in [0.5, 0.6) is 0 Å². The fourth-order valence-electron chi connectivity index (χ4n) is 1.21. The minimum atomic E-state index is -1.57. The fourth-order valence-corrected chi connectivity index (χ4v) is 1.21. The Hall–Kier alpha value is -0.570. The van der Waals surface area contributed by atoms with Crippen LogP contribution in [-0.2, 0) is 9.53 Å². The lowest BCUT2D eigenvalue weighted by Crippen LogP contribution is -2.64. The van der Waals surface area contributed by atoms with E-state index in [0.717, 1.165) is 0 Å². The zero-order valence-corrected chi connectivity index (χ0v) is 6.70. The maximum absolute atomic E-state index is 10.4. The smallest absolute Gasteiger partial charge is 0.184 e. The minimum Gasteiger partial charge on any atom is -0.388 e. The van der Waals surface area contributed by atoms with E-state index >= 15 is 0 Å². The molecule has 0 bridgehead atoms. The second kappa shape index (κ2) is 4.09. The van der Waals surface area contributed by atoms with Gasteiger partial charge in [-0.25, -0.2) is 0 Å². The Morgan fingerprint density at radius 3 is 2.38 bits per heavy atom. The molecule has 0 radical (unpaired) electrons. The highest BCUT2D eigenvalue weighted by Crippen LogP contribution is 2.17. The molecule has 5 atom stereocenters. The minimum absolute atomic E-state index is 0.392. The van der Waals surface area contributed by atoms with Gasteiger partial charge in [0.1, 0.15) is 18.3 Å². The van der Waals surface area contributed by atoms with Crippen molar-refractivity contribution in [1.29, 1.82) is 0 Å². The molecule has 1 saturated heterocycles. The number of carbonyl (C=O) groups excluding carboxylic acids is 1. The standard InChI is InChI=1S/C6H12N2O5/c7-8-3-2(1-9)13-6(12)5(11)4(3)10/h1-6,8,10-12H,7H2. The summed E-state index contributed by atoms with van der Waals surface area (Å²) in [7, 11) is 0. The first kappa shape index (κ1) is 10.5. The summed E-state index contributed by atoms with van der Waals surface area (Å²) in [5, 5.41) is 27.4. The summed E-state index contributed by atoms with van der Waals surface area (Å²) in [6, 6.07) is -0.920.